The van der Waals surface area contributed by atoms with E-state index < -0.39 is 34.0 Å². The van der Waals surface area contributed by atoms with Crippen molar-refractivity contribution in [1.29, 1.82) is 0 Å². The first kappa shape index (κ1) is 20.8. The van der Waals surface area contributed by atoms with Gasteiger partial charge in [-0.25, -0.2) is 4.39 Å². The maximum Gasteiger partial charge on any atom is 0.266 e. The smallest absolute Gasteiger partial charge is 0.266 e. The van der Waals surface area contributed by atoms with Crippen molar-refractivity contribution in [3.63, 3.8) is 0 Å². The van der Waals surface area contributed by atoms with Crippen LogP contribution < -0.4 is 16.1 Å². The van der Waals surface area contributed by atoms with Gasteiger partial charge in [-0.1, -0.05) is 35.9 Å². The van der Waals surface area contributed by atoms with Gasteiger partial charge in [-0.2, -0.15) is 0 Å². The number of halogens is 2. The average molecular weight is 459 g/mol. The number of aromatic nitrogens is 1. The Kier molecular flexibility index (Phi) is 4.72. The topological polar surface area (TPSA) is 111 Å². The predicted octanol–water partition coefficient (Wildman–Crippen LogP) is 2.85. The molecular formula is C22H20ClFN4O4. The molecule has 2 unspecified atom stereocenters. The van der Waals surface area contributed by atoms with E-state index in [0.29, 0.717) is 18.6 Å². The Labute approximate surface area is 186 Å². The summed E-state index contributed by atoms with van der Waals surface area (Å²) in [6.07, 6.45) is 10.6. The monoisotopic (exact) mass is 458 g/mol. The number of ketones is 1. The molecule has 2 atom stereocenters. The molecule has 2 aliphatic carbocycles. The molecule has 0 spiro atoms. The molecule has 1 aromatic heterocycles. The molecule has 2 heterocycles. The molecule has 1 aliphatic heterocycles. The number of nitro groups is 1. The summed E-state index contributed by atoms with van der Waals surface area (Å²) in [4.78, 5) is 37.1. The van der Waals surface area contributed by atoms with E-state index in [4.69, 9.17) is 17.3 Å². The predicted molar refractivity (Wildman–Crippen MR) is 119 cm³/mol. The van der Waals surface area contributed by atoms with Crippen molar-refractivity contribution in [2.45, 2.75) is 24.4 Å². The van der Waals surface area contributed by atoms with Crippen LogP contribution in [0, 0.1) is 21.8 Å². The molecule has 2 N–H and O–H groups in total. The van der Waals surface area contributed by atoms with Gasteiger partial charge >= 0.3 is 0 Å². The lowest BCUT2D eigenvalue weighted by Crippen LogP contribution is -2.46. The Morgan fingerprint density at radius 3 is 2.78 bits per heavy atom. The summed E-state index contributed by atoms with van der Waals surface area (Å²) < 4.78 is 17.1. The Balaban J connectivity index is 1.68. The summed E-state index contributed by atoms with van der Waals surface area (Å²) >= 11 is 6.72. The normalized spacial score (nSPS) is 24.2. The molecule has 0 bridgehead atoms. The average Bonchev–Trinajstić information content (AvgIpc) is 3.49. The maximum absolute atomic E-state index is 15.4. The molecule has 0 amide bonds. The fourth-order valence-electron chi connectivity index (χ4n) is 4.70. The molecule has 1 saturated carbocycles. The minimum atomic E-state index is -1.01. The third-order valence-corrected chi connectivity index (χ3v) is 6.80. The molecule has 2 aromatic rings. The Morgan fingerprint density at radius 1 is 1.38 bits per heavy atom. The van der Waals surface area contributed by atoms with Crippen molar-refractivity contribution in [2.24, 2.45) is 11.7 Å². The van der Waals surface area contributed by atoms with Gasteiger partial charge in [-0.15, -0.1) is 0 Å². The highest BCUT2D eigenvalue weighted by atomic mass is 35.5. The van der Waals surface area contributed by atoms with Crippen LogP contribution in [0.4, 0.5) is 10.1 Å². The number of nitrogens with zero attached hydrogens (tertiary/aromatic N) is 3. The van der Waals surface area contributed by atoms with Crippen LogP contribution in [0.1, 0.15) is 29.2 Å². The molecule has 0 radical (unpaired) electrons. The number of anilines is 1. The first-order valence-corrected chi connectivity index (χ1v) is 10.7. The lowest BCUT2D eigenvalue weighted by molar-refractivity contribution is -0.465. The van der Waals surface area contributed by atoms with Gasteiger partial charge in [0.1, 0.15) is 5.82 Å². The summed E-state index contributed by atoms with van der Waals surface area (Å²) in [5, 5.41) is 10.8. The Hall–Kier alpha value is -3.04. The molecule has 8 nitrogen and oxygen atoms in total. The highest BCUT2D eigenvalue weighted by Crippen LogP contribution is 2.44. The highest BCUT2D eigenvalue weighted by molar-refractivity contribution is 6.38. The van der Waals surface area contributed by atoms with Crippen molar-refractivity contribution in [1.82, 2.24) is 4.57 Å². The molecule has 2 fully saturated rings. The molecule has 166 valence electrons. The van der Waals surface area contributed by atoms with Gasteiger partial charge in [0.2, 0.25) is 11.2 Å². The number of benzene rings is 1. The first-order chi connectivity index (χ1) is 15.2. The summed E-state index contributed by atoms with van der Waals surface area (Å²) in [6, 6.07) is 1.07. The van der Waals surface area contributed by atoms with Crippen LogP contribution in [0.15, 0.2) is 41.4 Å². The van der Waals surface area contributed by atoms with Gasteiger partial charge in [0.15, 0.2) is 0 Å². The lowest BCUT2D eigenvalue weighted by Gasteiger charge is -2.27. The van der Waals surface area contributed by atoms with Crippen LogP contribution in [0.25, 0.3) is 10.9 Å². The quantitative estimate of drug-likeness (QED) is 0.419. The van der Waals surface area contributed by atoms with E-state index in [-0.39, 0.29) is 33.6 Å². The van der Waals surface area contributed by atoms with Crippen molar-refractivity contribution < 1.29 is 14.1 Å². The SMILES string of the molecule is NC12C=CC=CC1CN(c1c(F)cc3c(=O)c(C(=O)C[N+](=O)[O-])cn(C4CC4)c3c1Cl)C2. The van der Waals surface area contributed by atoms with Crippen molar-refractivity contribution in [2.75, 3.05) is 24.5 Å². The second-order valence-corrected chi connectivity index (χ2v) is 9.06. The van der Waals surface area contributed by atoms with Gasteiger partial charge in [0.25, 0.3) is 6.54 Å². The summed E-state index contributed by atoms with van der Waals surface area (Å²) in [5.41, 5.74) is 5.29. The number of hydrogen-bond donors (Lipinski definition) is 1. The van der Waals surface area contributed by atoms with Crippen LogP contribution in [0.2, 0.25) is 5.02 Å². The van der Waals surface area contributed by atoms with E-state index in [1.807, 2.05) is 24.3 Å². The number of pyridine rings is 1. The van der Waals surface area contributed by atoms with Crippen LogP contribution in [-0.4, -0.2) is 40.4 Å². The summed E-state index contributed by atoms with van der Waals surface area (Å²) in [7, 11) is 0. The zero-order chi connectivity index (χ0) is 22.8. The first-order valence-electron chi connectivity index (χ1n) is 10.3. The standard InChI is InChI=1S/C22H20ClFN4O4/c23-18-19-14(21(30)15(17(29)10-28(31)32)9-27(19)13-4-5-13)7-16(24)20(18)26-8-12-3-1-2-6-22(12,25)11-26/h1-3,6-7,9,12-13H,4-5,8,10-11,25H2. The van der Waals surface area contributed by atoms with Crippen molar-refractivity contribution >= 4 is 34.0 Å². The van der Waals surface area contributed by atoms with E-state index >= 15 is 4.39 Å². The third-order valence-electron chi connectivity index (χ3n) is 6.45. The van der Waals surface area contributed by atoms with Crippen molar-refractivity contribution in [3.8, 4) is 0 Å². The largest absolute Gasteiger partial charge is 0.365 e. The van der Waals surface area contributed by atoms with Crippen LogP contribution >= 0.6 is 11.6 Å². The second-order valence-electron chi connectivity index (χ2n) is 8.68. The van der Waals surface area contributed by atoms with E-state index in [9.17, 15) is 19.7 Å². The number of allylic oxidation sites excluding steroid dienone is 2. The van der Waals surface area contributed by atoms with Crippen LogP contribution in [-0.2, 0) is 0 Å². The minimum Gasteiger partial charge on any atom is -0.365 e. The molecule has 10 heteroatoms. The van der Waals surface area contributed by atoms with Gasteiger partial charge in [0, 0.05) is 36.2 Å². The zero-order valence-electron chi connectivity index (χ0n) is 17.0. The number of rotatable bonds is 5. The lowest BCUT2D eigenvalue weighted by atomic mass is 9.85. The molecule has 5 rings (SSSR count). The minimum absolute atomic E-state index is 0.00795. The van der Waals surface area contributed by atoms with E-state index in [2.05, 4.69) is 0 Å². The second kappa shape index (κ2) is 7.25. The van der Waals surface area contributed by atoms with Gasteiger partial charge in [0.05, 0.1) is 32.7 Å². The number of nitrogens with two attached hydrogens (primary N) is 1. The van der Waals surface area contributed by atoms with Crippen molar-refractivity contribution in [3.05, 3.63) is 73.3 Å². The van der Waals surface area contributed by atoms with Gasteiger partial charge in [-0.3, -0.25) is 19.7 Å². The molecular weight excluding hydrogens is 439 g/mol. The maximum atomic E-state index is 15.4. The van der Waals surface area contributed by atoms with Gasteiger partial charge < -0.3 is 15.2 Å². The highest BCUT2D eigenvalue weighted by Gasteiger charge is 2.43. The summed E-state index contributed by atoms with van der Waals surface area (Å²) in [5.74, 6) is -1.62. The number of fused-ring (bicyclic) bond motifs is 2. The van der Waals surface area contributed by atoms with Gasteiger partial charge in [-0.05, 0) is 18.9 Å². The number of hydrogen-bond acceptors (Lipinski definition) is 6. The van der Waals surface area contributed by atoms with Crippen LogP contribution in [0.3, 0.4) is 0 Å². The fourth-order valence-corrected chi connectivity index (χ4v) is 5.11. The van der Waals surface area contributed by atoms with E-state index in [0.717, 1.165) is 18.9 Å². The molecule has 3 aliphatic rings. The molecule has 32 heavy (non-hydrogen) atoms. The molecule has 1 aromatic carbocycles. The molecule has 1 saturated heterocycles. The number of carbonyl (C=O) groups is 1. The van der Waals surface area contributed by atoms with E-state index in [1.54, 1.807) is 9.47 Å². The Bertz CT molecular complexity index is 1300. The third kappa shape index (κ3) is 3.23. The van der Waals surface area contributed by atoms with E-state index in [1.165, 1.54) is 6.20 Å². The fraction of sp³-hybridized carbons (Fsp3) is 0.364. The zero-order valence-corrected chi connectivity index (χ0v) is 17.7. The Morgan fingerprint density at radius 2 is 2.12 bits per heavy atom. The van der Waals surface area contributed by atoms with Crippen LogP contribution in [0.5, 0.6) is 0 Å². The summed E-state index contributed by atoms with van der Waals surface area (Å²) in [6.45, 7) is -0.186. The number of carbonyl (C=O) groups excluding carboxylic acids is 1. The number of Topliss-reactive ketones (excluding diaryl/α,β-unsaturated/α-hetero) is 1.